The van der Waals surface area contributed by atoms with E-state index in [1.54, 1.807) is 0 Å². The SMILES string of the molecule is CC=C[C@H]1CCC[C@@H]1CC[C@H](CCCC(OC1CCCCO1)OC1CCCCO1)[C@@H]1CC[C@@H](CCC)C1. The lowest BCUT2D eigenvalue weighted by atomic mass is 9.79. The molecule has 0 aromatic rings. The smallest absolute Gasteiger partial charge is 0.163 e. The summed E-state index contributed by atoms with van der Waals surface area (Å²) >= 11 is 0. The molecule has 2 heterocycles. The zero-order chi connectivity index (χ0) is 25.7. The second kappa shape index (κ2) is 16.6. The van der Waals surface area contributed by atoms with Gasteiger partial charge in [0.1, 0.15) is 0 Å². The van der Waals surface area contributed by atoms with E-state index in [1.165, 1.54) is 89.9 Å². The molecule has 0 aromatic heterocycles. The normalized spacial score (nSPS) is 34.8. The third-order valence-electron chi connectivity index (χ3n) is 9.91. The Kier molecular flexibility index (Phi) is 13.3. The van der Waals surface area contributed by atoms with Gasteiger partial charge in [0.05, 0.1) is 0 Å². The Balaban J connectivity index is 1.31. The van der Waals surface area contributed by atoms with E-state index in [2.05, 4.69) is 26.0 Å². The third kappa shape index (κ3) is 9.92. The molecule has 0 radical (unpaired) electrons. The zero-order valence-electron chi connectivity index (χ0n) is 24.3. The average molecular weight is 519 g/mol. The Morgan fingerprint density at radius 2 is 1.54 bits per heavy atom. The first-order chi connectivity index (χ1) is 18.2. The number of allylic oxidation sites excluding steroid dienone is 2. The number of hydrogen-bond acceptors (Lipinski definition) is 4. The maximum Gasteiger partial charge on any atom is 0.163 e. The first-order valence-corrected chi connectivity index (χ1v) is 16.4. The van der Waals surface area contributed by atoms with E-state index in [0.29, 0.717) is 0 Å². The molecule has 0 bridgehead atoms. The minimum absolute atomic E-state index is 0.103. The van der Waals surface area contributed by atoms with Crippen LogP contribution in [0.2, 0.25) is 0 Å². The van der Waals surface area contributed by atoms with Gasteiger partial charge in [0.2, 0.25) is 0 Å². The largest absolute Gasteiger partial charge is 0.353 e. The van der Waals surface area contributed by atoms with E-state index in [-0.39, 0.29) is 18.9 Å². The van der Waals surface area contributed by atoms with Gasteiger partial charge < -0.3 is 18.9 Å². The summed E-state index contributed by atoms with van der Waals surface area (Å²) < 4.78 is 24.6. The lowest BCUT2D eigenvalue weighted by Gasteiger charge is -2.32. The van der Waals surface area contributed by atoms with E-state index in [9.17, 15) is 0 Å². The second-order valence-corrected chi connectivity index (χ2v) is 12.7. The van der Waals surface area contributed by atoms with Gasteiger partial charge >= 0.3 is 0 Å². The fourth-order valence-corrected chi connectivity index (χ4v) is 7.87. The Morgan fingerprint density at radius 3 is 2.19 bits per heavy atom. The van der Waals surface area contributed by atoms with Crippen LogP contribution in [0.25, 0.3) is 0 Å². The van der Waals surface area contributed by atoms with E-state index in [0.717, 1.165) is 74.9 Å². The molecule has 2 unspecified atom stereocenters. The molecule has 2 saturated heterocycles. The van der Waals surface area contributed by atoms with Crippen molar-refractivity contribution in [1.82, 2.24) is 0 Å². The van der Waals surface area contributed by atoms with Crippen molar-refractivity contribution in [3.05, 3.63) is 12.2 Å². The molecule has 4 heteroatoms. The molecule has 2 saturated carbocycles. The van der Waals surface area contributed by atoms with Gasteiger partial charge in [0.15, 0.2) is 18.9 Å². The zero-order valence-corrected chi connectivity index (χ0v) is 24.3. The van der Waals surface area contributed by atoms with Crippen molar-refractivity contribution in [3.8, 4) is 0 Å². The van der Waals surface area contributed by atoms with Crippen LogP contribution in [0.4, 0.5) is 0 Å². The number of hydrogen-bond donors (Lipinski definition) is 0. The van der Waals surface area contributed by atoms with Crippen molar-refractivity contribution in [3.63, 3.8) is 0 Å². The molecular weight excluding hydrogens is 460 g/mol. The van der Waals surface area contributed by atoms with Crippen LogP contribution in [0.15, 0.2) is 12.2 Å². The fourth-order valence-electron chi connectivity index (χ4n) is 7.87. The Morgan fingerprint density at radius 1 is 0.784 bits per heavy atom. The number of rotatable bonds is 15. The summed E-state index contributed by atoms with van der Waals surface area (Å²) in [7, 11) is 0. The molecule has 37 heavy (non-hydrogen) atoms. The van der Waals surface area contributed by atoms with E-state index in [1.807, 2.05) is 0 Å². The van der Waals surface area contributed by atoms with Crippen LogP contribution < -0.4 is 0 Å². The highest BCUT2D eigenvalue weighted by atomic mass is 16.8. The summed E-state index contributed by atoms with van der Waals surface area (Å²) in [5.41, 5.74) is 0. The first kappa shape index (κ1) is 29.6. The van der Waals surface area contributed by atoms with Gasteiger partial charge in [-0.15, -0.1) is 0 Å². The predicted octanol–water partition coefficient (Wildman–Crippen LogP) is 9.17. The van der Waals surface area contributed by atoms with Crippen LogP contribution in [-0.2, 0) is 18.9 Å². The molecule has 0 amide bonds. The highest BCUT2D eigenvalue weighted by Crippen LogP contribution is 2.44. The highest BCUT2D eigenvalue weighted by molar-refractivity contribution is 4.93. The molecule has 0 spiro atoms. The molecular formula is C33H58O4. The topological polar surface area (TPSA) is 36.9 Å². The van der Waals surface area contributed by atoms with Crippen LogP contribution in [0.5, 0.6) is 0 Å². The van der Waals surface area contributed by atoms with E-state index in [4.69, 9.17) is 18.9 Å². The average Bonchev–Trinajstić information content (AvgIpc) is 3.57. The minimum Gasteiger partial charge on any atom is -0.353 e. The van der Waals surface area contributed by atoms with Gasteiger partial charge in [-0.3, -0.25) is 0 Å². The summed E-state index contributed by atoms with van der Waals surface area (Å²) in [6.07, 6.45) is 28.8. The van der Waals surface area contributed by atoms with Crippen molar-refractivity contribution < 1.29 is 18.9 Å². The van der Waals surface area contributed by atoms with E-state index < -0.39 is 0 Å². The molecule has 4 fully saturated rings. The lowest BCUT2D eigenvalue weighted by Crippen LogP contribution is -2.34. The molecule has 4 nitrogen and oxygen atoms in total. The lowest BCUT2D eigenvalue weighted by molar-refractivity contribution is -0.306. The maximum absolute atomic E-state index is 6.40. The van der Waals surface area contributed by atoms with E-state index >= 15 is 0 Å². The van der Waals surface area contributed by atoms with Crippen molar-refractivity contribution in [2.75, 3.05) is 13.2 Å². The minimum atomic E-state index is -0.197. The monoisotopic (exact) mass is 518 g/mol. The summed E-state index contributed by atoms with van der Waals surface area (Å²) in [5.74, 6) is 4.52. The van der Waals surface area contributed by atoms with Gasteiger partial charge in [-0.25, -0.2) is 0 Å². The second-order valence-electron chi connectivity index (χ2n) is 12.7. The standard InChI is InChI=1S/C33H58O4/c1-3-11-26-19-20-30(25-26)29(22-21-28-14-9-13-27(28)12-4-2)15-10-18-33(36-31-16-5-7-23-34-31)37-32-17-6-8-24-35-32/h4,12,26-33H,3,5-11,13-25H2,1-2H3/t26-,27+,28-,29+,30-,31?,32?,33?/m1/s1. The van der Waals surface area contributed by atoms with Gasteiger partial charge in [-0.2, -0.15) is 0 Å². The van der Waals surface area contributed by atoms with Gasteiger partial charge in [0, 0.05) is 13.2 Å². The van der Waals surface area contributed by atoms with Crippen molar-refractivity contribution in [2.24, 2.45) is 29.6 Å². The molecule has 4 aliphatic rings. The maximum atomic E-state index is 6.40. The van der Waals surface area contributed by atoms with Crippen molar-refractivity contribution in [2.45, 2.75) is 155 Å². The highest BCUT2D eigenvalue weighted by Gasteiger charge is 2.33. The summed E-state index contributed by atoms with van der Waals surface area (Å²) in [6, 6.07) is 0. The third-order valence-corrected chi connectivity index (χ3v) is 9.91. The molecule has 0 aromatic carbocycles. The van der Waals surface area contributed by atoms with Crippen LogP contribution in [0.3, 0.4) is 0 Å². The van der Waals surface area contributed by atoms with Gasteiger partial charge in [-0.1, -0.05) is 44.8 Å². The fraction of sp³-hybridized carbons (Fsp3) is 0.939. The van der Waals surface area contributed by atoms with Crippen LogP contribution in [-0.4, -0.2) is 32.1 Å². The molecule has 4 rings (SSSR count). The Labute approximate surface area is 228 Å². The summed E-state index contributed by atoms with van der Waals surface area (Å²) in [6.45, 7) is 6.19. The summed E-state index contributed by atoms with van der Waals surface area (Å²) in [4.78, 5) is 0. The van der Waals surface area contributed by atoms with Crippen molar-refractivity contribution in [1.29, 1.82) is 0 Å². The predicted molar refractivity (Wildman–Crippen MR) is 151 cm³/mol. The number of ether oxygens (including phenoxy) is 4. The Bertz CT molecular complexity index is 604. The molecule has 2 aliphatic carbocycles. The van der Waals surface area contributed by atoms with Crippen LogP contribution >= 0.6 is 0 Å². The van der Waals surface area contributed by atoms with Crippen molar-refractivity contribution >= 4 is 0 Å². The first-order valence-electron chi connectivity index (χ1n) is 16.4. The summed E-state index contributed by atoms with van der Waals surface area (Å²) in [5, 5.41) is 0. The molecule has 7 atom stereocenters. The quantitative estimate of drug-likeness (QED) is 0.160. The molecule has 0 N–H and O–H groups in total. The molecule has 214 valence electrons. The van der Waals surface area contributed by atoms with Crippen LogP contribution in [0, 0.1) is 29.6 Å². The molecule has 2 aliphatic heterocycles. The van der Waals surface area contributed by atoms with Gasteiger partial charge in [-0.05, 0) is 133 Å². The van der Waals surface area contributed by atoms with Gasteiger partial charge in [0.25, 0.3) is 0 Å². The van der Waals surface area contributed by atoms with Crippen LogP contribution in [0.1, 0.15) is 136 Å². The Hall–Kier alpha value is -0.420.